The zero-order chi connectivity index (χ0) is 9.90. The van der Waals surface area contributed by atoms with Crippen molar-refractivity contribution in [2.24, 2.45) is 11.1 Å². The number of halogens is 1. The van der Waals surface area contributed by atoms with Crippen molar-refractivity contribution < 1.29 is 0 Å². The van der Waals surface area contributed by atoms with Crippen LogP contribution >= 0.6 is 27.3 Å². The molecule has 0 fully saturated rings. The zero-order valence-corrected chi connectivity index (χ0v) is 10.3. The van der Waals surface area contributed by atoms with Crippen LogP contribution in [-0.4, -0.2) is 13.1 Å². The Hall–Kier alpha value is -0.0600. The lowest BCUT2D eigenvalue weighted by Crippen LogP contribution is -2.31. The van der Waals surface area contributed by atoms with E-state index in [1.54, 1.807) is 11.3 Å². The Morgan fingerprint density at radius 1 is 1.54 bits per heavy atom. The second kappa shape index (κ2) is 4.44. The van der Waals surface area contributed by atoms with Gasteiger partial charge in [0.1, 0.15) is 0 Å². The predicted octanol–water partition coefficient (Wildman–Crippen LogP) is 2.91. The average molecular weight is 263 g/mol. The molecular weight excluding hydrogens is 248 g/mol. The van der Waals surface area contributed by atoms with Crippen molar-refractivity contribution in [1.82, 2.24) is 0 Å². The third-order valence-corrected chi connectivity index (χ3v) is 3.45. The summed E-state index contributed by atoms with van der Waals surface area (Å²) in [4.78, 5) is 0. The van der Waals surface area contributed by atoms with E-state index >= 15 is 0 Å². The molecule has 0 aliphatic carbocycles. The van der Waals surface area contributed by atoms with Gasteiger partial charge >= 0.3 is 0 Å². The maximum Gasteiger partial charge on any atom is 0.0894 e. The van der Waals surface area contributed by atoms with E-state index in [2.05, 4.69) is 41.2 Å². The molecule has 0 aliphatic heterocycles. The number of rotatable bonds is 4. The topological polar surface area (TPSA) is 38.0 Å². The first kappa shape index (κ1) is 11.0. The highest BCUT2D eigenvalue weighted by Gasteiger charge is 2.14. The molecule has 2 nitrogen and oxygen atoms in total. The fourth-order valence-electron chi connectivity index (χ4n) is 0.808. The normalized spacial score (nSPS) is 11.7. The molecule has 3 N–H and O–H groups in total. The van der Waals surface area contributed by atoms with Crippen LogP contribution in [0, 0.1) is 5.41 Å². The Bertz CT molecular complexity index is 270. The number of thiophene rings is 1. The zero-order valence-electron chi connectivity index (χ0n) is 7.93. The van der Waals surface area contributed by atoms with Crippen LogP contribution in [-0.2, 0) is 0 Å². The van der Waals surface area contributed by atoms with Crippen LogP contribution in [0.2, 0.25) is 0 Å². The fourth-order valence-corrected chi connectivity index (χ4v) is 2.09. The molecule has 0 amide bonds. The minimum Gasteiger partial charge on any atom is -0.376 e. The molecule has 0 aromatic carbocycles. The molecule has 1 aromatic rings. The van der Waals surface area contributed by atoms with Crippen LogP contribution in [0.3, 0.4) is 0 Å². The van der Waals surface area contributed by atoms with Gasteiger partial charge in [-0.1, -0.05) is 13.8 Å². The summed E-state index contributed by atoms with van der Waals surface area (Å²) in [6, 6.07) is 4.11. The minimum atomic E-state index is 0.163. The van der Waals surface area contributed by atoms with E-state index in [1.165, 1.54) is 5.00 Å². The van der Waals surface area contributed by atoms with E-state index in [0.717, 1.165) is 10.3 Å². The first-order valence-corrected chi connectivity index (χ1v) is 5.84. The molecule has 13 heavy (non-hydrogen) atoms. The molecule has 1 rings (SSSR count). The molecule has 74 valence electrons. The number of hydrogen-bond acceptors (Lipinski definition) is 3. The van der Waals surface area contributed by atoms with Crippen LogP contribution in [0.15, 0.2) is 15.9 Å². The molecule has 0 bridgehead atoms. The quantitative estimate of drug-likeness (QED) is 0.876. The molecule has 0 spiro atoms. The van der Waals surface area contributed by atoms with Gasteiger partial charge in [0.15, 0.2) is 0 Å². The molecule has 0 radical (unpaired) electrons. The summed E-state index contributed by atoms with van der Waals surface area (Å²) >= 11 is 5.13. The molecule has 4 heteroatoms. The summed E-state index contributed by atoms with van der Waals surface area (Å²) in [5, 5.41) is 4.55. The van der Waals surface area contributed by atoms with Crippen molar-refractivity contribution in [3.63, 3.8) is 0 Å². The lowest BCUT2D eigenvalue weighted by molar-refractivity contribution is 0.406. The lowest BCUT2D eigenvalue weighted by Gasteiger charge is -2.22. The Balaban J connectivity index is 2.43. The van der Waals surface area contributed by atoms with E-state index in [9.17, 15) is 0 Å². The van der Waals surface area contributed by atoms with Crippen LogP contribution in [0.5, 0.6) is 0 Å². The van der Waals surface area contributed by atoms with E-state index in [4.69, 9.17) is 5.73 Å². The van der Waals surface area contributed by atoms with Crippen molar-refractivity contribution in [2.75, 3.05) is 18.4 Å². The van der Waals surface area contributed by atoms with Crippen LogP contribution in [0.4, 0.5) is 5.00 Å². The summed E-state index contributed by atoms with van der Waals surface area (Å²) in [5.41, 5.74) is 5.79. The largest absolute Gasteiger partial charge is 0.376 e. The summed E-state index contributed by atoms with van der Waals surface area (Å²) in [6.07, 6.45) is 0. The van der Waals surface area contributed by atoms with Gasteiger partial charge in [-0.2, -0.15) is 0 Å². The van der Waals surface area contributed by atoms with Crippen molar-refractivity contribution in [2.45, 2.75) is 13.8 Å². The second-order valence-corrected chi connectivity index (χ2v) is 6.29. The molecule has 0 saturated carbocycles. The number of hydrogen-bond donors (Lipinski definition) is 2. The summed E-state index contributed by atoms with van der Waals surface area (Å²) in [7, 11) is 0. The fraction of sp³-hybridized carbons (Fsp3) is 0.556. The molecule has 0 unspecified atom stereocenters. The highest BCUT2D eigenvalue weighted by Crippen LogP contribution is 2.27. The van der Waals surface area contributed by atoms with Gasteiger partial charge in [0.2, 0.25) is 0 Å². The Morgan fingerprint density at radius 3 is 2.69 bits per heavy atom. The summed E-state index contributed by atoms with van der Waals surface area (Å²) in [5.74, 6) is 0. The maximum absolute atomic E-state index is 5.63. The highest BCUT2D eigenvalue weighted by molar-refractivity contribution is 9.11. The minimum absolute atomic E-state index is 0.163. The van der Waals surface area contributed by atoms with Gasteiger partial charge in [-0.15, -0.1) is 11.3 Å². The van der Waals surface area contributed by atoms with Crippen LogP contribution < -0.4 is 11.1 Å². The SMILES string of the molecule is CC(C)(CN)CNc1ccc(Br)s1. The smallest absolute Gasteiger partial charge is 0.0894 e. The van der Waals surface area contributed by atoms with Crippen molar-refractivity contribution in [3.05, 3.63) is 15.9 Å². The second-order valence-electron chi connectivity index (χ2n) is 3.83. The Morgan fingerprint density at radius 2 is 2.23 bits per heavy atom. The summed E-state index contributed by atoms with van der Waals surface area (Å²) in [6.45, 7) is 5.92. The first-order valence-electron chi connectivity index (χ1n) is 4.23. The third-order valence-electron chi connectivity index (χ3n) is 1.87. The van der Waals surface area contributed by atoms with Gasteiger partial charge in [0.05, 0.1) is 8.79 Å². The first-order chi connectivity index (χ1) is 6.03. The standard InChI is InChI=1S/C9H15BrN2S/c1-9(2,5-11)6-12-8-4-3-7(10)13-8/h3-4,12H,5-6,11H2,1-2H3. The van der Waals surface area contributed by atoms with E-state index in [0.29, 0.717) is 6.54 Å². The average Bonchev–Trinajstić information content (AvgIpc) is 2.48. The van der Waals surface area contributed by atoms with Gasteiger partial charge in [-0.25, -0.2) is 0 Å². The molecular formula is C9H15BrN2S. The Kier molecular flexibility index (Phi) is 3.76. The monoisotopic (exact) mass is 262 g/mol. The van der Waals surface area contributed by atoms with Gasteiger partial charge in [-0.3, -0.25) is 0 Å². The number of anilines is 1. The van der Waals surface area contributed by atoms with Crippen molar-refractivity contribution >= 4 is 32.3 Å². The van der Waals surface area contributed by atoms with E-state index in [1.807, 2.05) is 6.07 Å². The lowest BCUT2D eigenvalue weighted by atomic mass is 9.94. The van der Waals surface area contributed by atoms with Gasteiger partial charge in [0, 0.05) is 6.54 Å². The molecule has 1 aromatic heterocycles. The van der Waals surface area contributed by atoms with Crippen LogP contribution in [0.25, 0.3) is 0 Å². The number of nitrogens with two attached hydrogens (primary N) is 1. The molecule has 0 saturated heterocycles. The van der Waals surface area contributed by atoms with Gasteiger partial charge < -0.3 is 11.1 Å². The van der Waals surface area contributed by atoms with E-state index in [-0.39, 0.29) is 5.41 Å². The van der Waals surface area contributed by atoms with E-state index < -0.39 is 0 Å². The maximum atomic E-state index is 5.63. The number of nitrogens with one attached hydrogen (secondary N) is 1. The predicted molar refractivity (Wildman–Crippen MR) is 63.3 cm³/mol. The Labute approximate surface area is 91.7 Å². The molecule has 1 heterocycles. The molecule has 0 atom stereocenters. The van der Waals surface area contributed by atoms with Gasteiger partial charge in [0.25, 0.3) is 0 Å². The summed E-state index contributed by atoms with van der Waals surface area (Å²) < 4.78 is 1.15. The molecule has 0 aliphatic rings. The third kappa shape index (κ3) is 3.67. The highest BCUT2D eigenvalue weighted by atomic mass is 79.9. The van der Waals surface area contributed by atoms with Crippen molar-refractivity contribution in [3.8, 4) is 0 Å². The van der Waals surface area contributed by atoms with Crippen molar-refractivity contribution in [1.29, 1.82) is 0 Å². The van der Waals surface area contributed by atoms with Gasteiger partial charge in [-0.05, 0) is 40.0 Å². The van der Waals surface area contributed by atoms with Crippen LogP contribution in [0.1, 0.15) is 13.8 Å².